The number of Topliss-reactive ketones (excluding diaryl/α,β-unsaturated/α-hetero) is 1. The second-order valence-electron chi connectivity index (χ2n) is 15.0. The van der Waals surface area contributed by atoms with E-state index in [-0.39, 0.29) is 43.9 Å². The van der Waals surface area contributed by atoms with E-state index in [1.807, 2.05) is 30.3 Å². The monoisotopic (exact) mass is 747 g/mol. The maximum absolute atomic E-state index is 14.8. The van der Waals surface area contributed by atoms with Gasteiger partial charge in [-0.2, -0.15) is 0 Å². The van der Waals surface area contributed by atoms with Crippen LogP contribution >= 0.6 is 0 Å². The zero-order chi connectivity index (χ0) is 38.1. The molecular formula is C37H45N7O8S. The predicted molar refractivity (Wildman–Crippen MR) is 194 cm³/mol. The van der Waals surface area contributed by atoms with Crippen LogP contribution in [-0.2, 0) is 34.6 Å². The molecular weight excluding hydrogens is 703 g/mol. The second kappa shape index (κ2) is 14.9. The third kappa shape index (κ3) is 8.23. The van der Waals surface area contributed by atoms with Crippen molar-refractivity contribution >= 4 is 55.7 Å². The molecule has 3 aliphatic rings. The molecule has 0 unspecified atom stereocenters. The highest BCUT2D eigenvalue weighted by Crippen LogP contribution is 2.34. The van der Waals surface area contributed by atoms with Gasteiger partial charge in [-0.25, -0.2) is 18.1 Å². The van der Waals surface area contributed by atoms with Crippen molar-refractivity contribution in [2.45, 2.75) is 94.9 Å². The van der Waals surface area contributed by atoms with Crippen molar-refractivity contribution in [2.75, 3.05) is 18.1 Å². The molecule has 6 rings (SSSR count). The summed E-state index contributed by atoms with van der Waals surface area (Å²) in [6.45, 7) is 3.00. The van der Waals surface area contributed by atoms with Gasteiger partial charge in [-0.3, -0.25) is 24.0 Å². The topological polar surface area (TPSA) is 224 Å². The van der Waals surface area contributed by atoms with Crippen molar-refractivity contribution in [3.8, 4) is 0 Å². The number of amides is 4. The summed E-state index contributed by atoms with van der Waals surface area (Å²) in [6.07, 6.45) is 5.51. The maximum atomic E-state index is 14.8. The molecule has 1 aliphatic carbocycles. The van der Waals surface area contributed by atoms with Crippen LogP contribution in [0.3, 0.4) is 0 Å². The fraction of sp³-hybridized carbons (Fsp3) is 0.514. The molecule has 2 aromatic carbocycles. The van der Waals surface area contributed by atoms with Crippen LogP contribution in [0.2, 0.25) is 0 Å². The number of carbonyl (C=O) groups is 5. The van der Waals surface area contributed by atoms with Crippen molar-refractivity contribution < 1.29 is 37.5 Å². The van der Waals surface area contributed by atoms with Gasteiger partial charge in [0, 0.05) is 18.5 Å². The standard InChI is InChI=1S/C37H45N7O8S/c1-36(2,50)30-21-39-42-44(30)27-20-29(34(48)41-37(31(45)32(38)46)14-16-53(51,52)17-15-37)43(22-27)35(49)28(18-23-8-4-3-5-9-23)40-33(47)26-13-12-24-10-6-7-11-25(24)19-26/h6-7,10-13,19,21,23,27,29,50H,3-5,8-9,14-18,20,22H2,1-2H3,(H2,38,46)(H,41,48)/t27-,29-/m0/s1. The van der Waals surface area contributed by atoms with E-state index in [4.69, 9.17) is 5.73 Å². The number of carbonyl (C=O) groups excluding carboxylic acids is 5. The van der Waals surface area contributed by atoms with Gasteiger partial charge in [0.1, 0.15) is 22.9 Å². The molecule has 3 heterocycles. The number of sulfone groups is 1. The third-order valence-corrected chi connectivity index (χ3v) is 12.4. The molecule has 2 aliphatic heterocycles. The van der Waals surface area contributed by atoms with Gasteiger partial charge in [-0.1, -0.05) is 67.6 Å². The van der Waals surface area contributed by atoms with Crippen molar-refractivity contribution in [3.05, 3.63) is 59.9 Å². The van der Waals surface area contributed by atoms with Crippen LogP contribution in [0.4, 0.5) is 0 Å². The van der Waals surface area contributed by atoms with Crippen LogP contribution in [0, 0.1) is 5.92 Å². The number of hydrogen-bond acceptors (Lipinski definition) is 10. The number of nitrogens with one attached hydrogen (secondary N) is 1. The maximum Gasteiger partial charge on any atom is 0.287 e. The lowest BCUT2D eigenvalue weighted by Crippen LogP contribution is -2.64. The minimum atomic E-state index is -3.53. The summed E-state index contributed by atoms with van der Waals surface area (Å²) in [6, 6.07) is 10.8. The molecule has 3 fully saturated rings. The molecule has 1 saturated carbocycles. The van der Waals surface area contributed by atoms with E-state index < -0.39 is 74.0 Å². The van der Waals surface area contributed by atoms with Gasteiger partial charge in [-0.15, -0.1) is 5.10 Å². The molecule has 2 saturated heterocycles. The molecule has 53 heavy (non-hydrogen) atoms. The summed E-state index contributed by atoms with van der Waals surface area (Å²) in [7, 11) is -3.53. The Hall–Kier alpha value is -4.83. The number of aliphatic hydroxyl groups is 1. The summed E-state index contributed by atoms with van der Waals surface area (Å²) in [5.41, 5.74) is 2.71. The van der Waals surface area contributed by atoms with E-state index in [1.165, 1.54) is 15.8 Å². The lowest BCUT2D eigenvalue weighted by atomic mass is 9.85. The second-order valence-corrected chi connectivity index (χ2v) is 17.3. The summed E-state index contributed by atoms with van der Waals surface area (Å²) in [4.78, 5) is 73.9. The van der Waals surface area contributed by atoms with Gasteiger partial charge >= 0.3 is 0 Å². The van der Waals surface area contributed by atoms with Gasteiger partial charge < -0.3 is 21.1 Å². The van der Waals surface area contributed by atoms with Crippen molar-refractivity contribution in [1.82, 2.24) is 25.2 Å². The lowest BCUT2D eigenvalue weighted by Gasteiger charge is -2.37. The number of aromatic nitrogens is 3. The first kappa shape index (κ1) is 37.9. The molecule has 3 aromatic rings. The highest BCUT2D eigenvalue weighted by atomic mass is 32.2. The minimum absolute atomic E-state index is 0.0125. The summed E-state index contributed by atoms with van der Waals surface area (Å²) in [5.74, 6) is -5.35. The first-order valence-corrected chi connectivity index (χ1v) is 19.8. The van der Waals surface area contributed by atoms with Crippen molar-refractivity contribution in [2.24, 2.45) is 16.6 Å². The van der Waals surface area contributed by atoms with Crippen LogP contribution in [0.1, 0.15) is 93.7 Å². The Bertz CT molecular complexity index is 2070. The van der Waals surface area contributed by atoms with E-state index in [0.717, 1.165) is 42.9 Å². The van der Waals surface area contributed by atoms with E-state index >= 15 is 0 Å². The number of likely N-dealkylation sites (tertiary alicyclic amines) is 1. The molecule has 0 radical (unpaired) electrons. The highest BCUT2D eigenvalue weighted by molar-refractivity contribution is 7.91. The number of ketones is 1. The van der Waals surface area contributed by atoms with Crippen LogP contribution in [0.15, 0.2) is 53.7 Å². The summed E-state index contributed by atoms with van der Waals surface area (Å²) >= 11 is 0. The molecule has 4 amide bonds. The number of hydrogen-bond donors (Lipinski definition) is 3. The van der Waals surface area contributed by atoms with Gasteiger partial charge in [0.2, 0.25) is 11.7 Å². The highest BCUT2D eigenvalue weighted by Gasteiger charge is 2.50. The van der Waals surface area contributed by atoms with Crippen LogP contribution in [0.25, 0.3) is 10.8 Å². The Morgan fingerprint density at radius 1 is 1.02 bits per heavy atom. The molecule has 282 valence electrons. The van der Waals surface area contributed by atoms with E-state index in [1.54, 1.807) is 26.0 Å². The number of rotatable bonds is 10. The average molecular weight is 748 g/mol. The lowest BCUT2D eigenvalue weighted by molar-refractivity contribution is -0.143. The van der Waals surface area contributed by atoms with E-state index in [2.05, 4.69) is 20.6 Å². The molecule has 0 spiro atoms. The Kier molecular flexibility index (Phi) is 10.7. The Balaban J connectivity index is 1.38. The first-order valence-electron chi connectivity index (χ1n) is 18.0. The number of benzene rings is 2. The summed E-state index contributed by atoms with van der Waals surface area (Å²) in [5, 5.41) is 23.4. The molecule has 2 atom stereocenters. The van der Waals surface area contributed by atoms with E-state index in [0.29, 0.717) is 11.3 Å². The van der Waals surface area contributed by atoms with Gasteiger partial charge in [0.25, 0.3) is 17.7 Å². The number of aliphatic imine (C=N–C) groups is 1. The zero-order valence-electron chi connectivity index (χ0n) is 29.9. The first-order chi connectivity index (χ1) is 25.1. The Morgan fingerprint density at radius 3 is 2.36 bits per heavy atom. The van der Waals surface area contributed by atoms with Gasteiger partial charge in [-0.05, 0) is 61.9 Å². The Morgan fingerprint density at radius 2 is 1.70 bits per heavy atom. The smallest absolute Gasteiger partial charge is 0.287 e. The minimum Gasteiger partial charge on any atom is -0.384 e. The van der Waals surface area contributed by atoms with Crippen molar-refractivity contribution in [1.29, 1.82) is 0 Å². The molecule has 0 bridgehead atoms. The van der Waals surface area contributed by atoms with Gasteiger partial charge in [0.15, 0.2) is 9.84 Å². The fourth-order valence-electron chi connectivity index (χ4n) is 7.79. The SMILES string of the molecule is CC(C)(O)c1cnnn1[C@H]1C[C@@H](C(=O)NC2(C(=O)C(N)=O)CCS(=O)(=O)CC2)N(C(=O)C(CC2CCCCC2)=NC(=O)c2ccc3ccccc3c2)C1. The van der Waals surface area contributed by atoms with Crippen LogP contribution < -0.4 is 11.1 Å². The largest absolute Gasteiger partial charge is 0.384 e. The third-order valence-electron chi connectivity index (χ3n) is 10.8. The van der Waals surface area contributed by atoms with Crippen molar-refractivity contribution in [3.63, 3.8) is 0 Å². The fourth-order valence-corrected chi connectivity index (χ4v) is 9.31. The van der Waals surface area contributed by atoms with Crippen LogP contribution in [-0.4, -0.2) is 98.2 Å². The van der Waals surface area contributed by atoms with E-state index in [9.17, 15) is 37.5 Å². The van der Waals surface area contributed by atoms with Crippen LogP contribution in [0.5, 0.6) is 0 Å². The Labute approximate surface area is 307 Å². The quantitative estimate of drug-likeness (QED) is 0.202. The number of nitrogens with zero attached hydrogens (tertiary/aromatic N) is 5. The number of primary amides is 1. The normalized spacial score (nSPS) is 22.0. The number of nitrogens with two attached hydrogens (primary N) is 1. The molecule has 1 aromatic heterocycles. The molecule has 15 nitrogen and oxygen atoms in total. The zero-order valence-corrected chi connectivity index (χ0v) is 30.7. The predicted octanol–water partition coefficient (Wildman–Crippen LogP) is 2.17. The average Bonchev–Trinajstić information content (AvgIpc) is 3.81. The molecule has 4 N–H and O–H groups in total. The number of fused-ring (bicyclic) bond motifs is 1. The van der Waals surface area contributed by atoms with Gasteiger partial charge in [0.05, 0.1) is 29.4 Å². The summed E-state index contributed by atoms with van der Waals surface area (Å²) < 4.78 is 26.1. The molecule has 16 heteroatoms.